The van der Waals surface area contributed by atoms with Crippen molar-refractivity contribution in [3.63, 3.8) is 0 Å². The summed E-state index contributed by atoms with van der Waals surface area (Å²) in [6.45, 7) is 6.19. The van der Waals surface area contributed by atoms with E-state index in [0.717, 1.165) is 39.3 Å². The second-order valence-corrected chi connectivity index (χ2v) is 7.50. The quantitative estimate of drug-likeness (QED) is 0.657. The first-order valence-corrected chi connectivity index (χ1v) is 10.2. The molecule has 1 aliphatic rings. The zero-order valence-electron chi connectivity index (χ0n) is 16.9. The number of carbonyl (C=O) groups excluding carboxylic acids is 1. The Hall–Kier alpha value is -3.22. The summed E-state index contributed by atoms with van der Waals surface area (Å²) < 4.78 is 5.75. The summed E-state index contributed by atoms with van der Waals surface area (Å²) in [7, 11) is 0. The molecular weight excluding hydrogens is 376 g/mol. The number of amides is 1. The van der Waals surface area contributed by atoms with Crippen molar-refractivity contribution in [3.05, 3.63) is 89.6 Å². The molecule has 1 aliphatic heterocycles. The number of carbonyl (C=O) groups is 1. The molecule has 1 saturated heterocycles. The normalized spacial score (nSPS) is 15.1. The second kappa shape index (κ2) is 9.52. The molecule has 1 fully saturated rings. The van der Waals surface area contributed by atoms with Crippen molar-refractivity contribution in [3.8, 4) is 11.6 Å². The third kappa shape index (κ3) is 5.23. The number of pyridine rings is 1. The largest absolute Gasteiger partial charge is 0.438 e. The average Bonchev–Trinajstić information content (AvgIpc) is 2.77. The first kappa shape index (κ1) is 20.1. The maximum Gasteiger partial charge on any atom is 0.254 e. The van der Waals surface area contributed by atoms with Gasteiger partial charge in [0.05, 0.1) is 0 Å². The number of nitrogens with zero attached hydrogens (tertiary/aromatic N) is 3. The molecule has 2 heterocycles. The molecule has 0 atom stereocenters. The highest BCUT2D eigenvalue weighted by Gasteiger charge is 2.17. The lowest BCUT2D eigenvalue weighted by atomic mass is 10.1. The number of piperazine rings is 1. The minimum absolute atomic E-state index is 0.229. The fraction of sp³-hybridized carbons (Fsp3) is 0.250. The van der Waals surface area contributed by atoms with Gasteiger partial charge >= 0.3 is 0 Å². The first-order valence-electron chi connectivity index (χ1n) is 10.2. The molecule has 154 valence electrons. The van der Waals surface area contributed by atoms with E-state index in [2.05, 4.69) is 57.2 Å². The van der Waals surface area contributed by atoms with Gasteiger partial charge in [-0.15, -0.1) is 0 Å². The van der Waals surface area contributed by atoms with Gasteiger partial charge in [-0.2, -0.15) is 0 Å². The number of nitrogens with two attached hydrogens (primary N) is 1. The zero-order chi connectivity index (χ0) is 20.8. The predicted octanol–water partition coefficient (Wildman–Crippen LogP) is 3.29. The molecule has 4 rings (SSSR count). The maximum atomic E-state index is 11.5. The molecule has 0 radical (unpaired) electrons. The van der Waals surface area contributed by atoms with Crippen LogP contribution in [0.2, 0.25) is 0 Å². The van der Waals surface area contributed by atoms with E-state index < -0.39 is 5.91 Å². The number of hydrogen-bond donors (Lipinski definition) is 1. The van der Waals surface area contributed by atoms with Gasteiger partial charge in [0.15, 0.2) is 0 Å². The van der Waals surface area contributed by atoms with Crippen molar-refractivity contribution in [2.24, 2.45) is 5.73 Å². The van der Waals surface area contributed by atoms with Gasteiger partial charge in [-0.3, -0.25) is 14.6 Å². The van der Waals surface area contributed by atoms with Crippen molar-refractivity contribution in [1.82, 2.24) is 14.8 Å². The Labute approximate surface area is 176 Å². The minimum atomic E-state index is -0.555. The standard InChI is InChI=1S/C24H26N4O2/c25-23(29)22-7-4-12-26-24(22)30-21-10-8-20(9-11-21)18-28-15-13-27(14-16-28)17-19-5-2-1-3-6-19/h1-12H,13-18H2,(H2,25,29). The van der Waals surface area contributed by atoms with Crippen molar-refractivity contribution >= 4 is 5.91 Å². The number of hydrogen-bond acceptors (Lipinski definition) is 5. The van der Waals surface area contributed by atoms with Crippen LogP contribution in [-0.2, 0) is 13.1 Å². The molecule has 30 heavy (non-hydrogen) atoms. The highest BCUT2D eigenvalue weighted by atomic mass is 16.5. The van der Waals surface area contributed by atoms with Crippen molar-refractivity contribution in [2.75, 3.05) is 26.2 Å². The molecule has 6 heteroatoms. The third-order valence-electron chi connectivity index (χ3n) is 5.29. The molecule has 0 saturated carbocycles. The first-order chi connectivity index (χ1) is 14.7. The van der Waals surface area contributed by atoms with Crippen LogP contribution < -0.4 is 10.5 Å². The van der Waals surface area contributed by atoms with Gasteiger partial charge in [-0.1, -0.05) is 42.5 Å². The van der Waals surface area contributed by atoms with Gasteiger partial charge < -0.3 is 10.5 Å². The van der Waals surface area contributed by atoms with E-state index in [9.17, 15) is 4.79 Å². The number of benzene rings is 2. The Morgan fingerprint density at radius 3 is 2.03 bits per heavy atom. The molecule has 2 N–H and O–H groups in total. The van der Waals surface area contributed by atoms with Crippen LogP contribution in [0.5, 0.6) is 11.6 Å². The summed E-state index contributed by atoms with van der Waals surface area (Å²) in [5.41, 5.74) is 8.26. The van der Waals surface area contributed by atoms with Gasteiger partial charge in [0, 0.05) is 45.5 Å². The van der Waals surface area contributed by atoms with E-state index in [1.54, 1.807) is 18.3 Å². The lowest BCUT2D eigenvalue weighted by molar-refractivity contribution is 0.0997. The van der Waals surface area contributed by atoms with Crippen LogP contribution in [0.25, 0.3) is 0 Å². The Kier molecular flexibility index (Phi) is 6.37. The van der Waals surface area contributed by atoms with Crippen LogP contribution in [0.1, 0.15) is 21.5 Å². The van der Waals surface area contributed by atoms with E-state index in [1.165, 1.54) is 11.1 Å². The molecule has 0 spiro atoms. The summed E-state index contributed by atoms with van der Waals surface area (Å²) in [4.78, 5) is 20.6. The van der Waals surface area contributed by atoms with E-state index in [1.807, 2.05) is 12.1 Å². The van der Waals surface area contributed by atoms with Crippen molar-refractivity contribution in [1.29, 1.82) is 0 Å². The molecule has 0 unspecified atom stereocenters. The number of rotatable bonds is 7. The molecule has 0 bridgehead atoms. The van der Waals surface area contributed by atoms with Crippen molar-refractivity contribution < 1.29 is 9.53 Å². The van der Waals surface area contributed by atoms with Crippen molar-refractivity contribution in [2.45, 2.75) is 13.1 Å². The van der Waals surface area contributed by atoms with Gasteiger partial charge in [-0.05, 0) is 35.4 Å². The Balaban J connectivity index is 1.29. The van der Waals surface area contributed by atoms with Crippen LogP contribution in [0.15, 0.2) is 72.9 Å². The predicted molar refractivity (Wildman–Crippen MR) is 116 cm³/mol. The summed E-state index contributed by atoms with van der Waals surface area (Å²) >= 11 is 0. The Morgan fingerprint density at radius 2 is 1.43 bits per heavy atom. The number of primary amides is 1. The number of aromatic nitrogens is 1. The van der Waals surface area contributed by atoms with Crippen LogP contribution in [-0.4, -0.2) is 46.9 Å². The van der Waals surface area contributed by atoms with Gasteiger partial charge in [0.25, 0.3) is 5.91 Å². The smallest absolute Gasteiger partial charge is 0.254 e. The van der Waals surface area contributed by atoms with Gasteiger partial charge in [-0.25, -0.2) is 4.98 Å². The van der Waals surface area contributed by atoms with Crippen LogP contribution in [0.4, 0.5) is 0 Å². The summed E-state index contributed by atoms with van der Waals surface area (Å²) in [6.07, 6.45) is 1.58. The fourth-order valence-corrected chi connectivity index (χ4v) is 3.64. The van der Waals surface area contributed by atoms with E-state index in [4.69, 9.17) is 10.5 Å². The highest BCUT2D eigenvalue weighted by molar-refractivity contribution is 5.95. The van der Waals surface area contributed by atoms with Crippen LogP contribution in [0, 0.1) is 0 Å². The fourth-order valence-electron chi connectivity index (χ4n) is 3.64. The molecule has 0 aliphatic carbocycles. The maximum absolute atomic E-state index is 11.5. The lowest BCUT2D eigenvalue weighted by Crippen LogP contribution is -2.45. The molecule has 1 amide bonds. The molecule has 1 aromatic heterocycles. The van der Waals surface area contributed by atoms with E-state index >= 15 is 0 Å². The molecule has 2 aromatic carbocycles. The summed E-state index contributed by atoms with van der Waals surface area (Å²) in [5, 5.41) is 0. The summed E-state index contributed by atoms with van der Waals surface area (Å²) in [5.74, 6) is 0.307. The van der Waals surface area contributed by atoms with E-state index in [-0.39, 0.29) is 11.4 Å². The minimum Gasteiger partial charge on any atom is -0.438 e. The van der Waals surface area contributed by atoms with Crippen LogP contribution >= 0.6 is 0 Å². The summed E-state index contributed by atoms with van der Waals surface area (Å²) in [6, 6.07) is 21.8. The average molecular weight is 402 g/mol. The third-order valence-corrected chi connectivity index (χ3v) is 5.29. The molecule has 6 nitrogen and oxygen atoms in total. The Bertz CT molecular complexity index is 968. The highest BCUT2D eigenvalue weighted by Crippen LogP contribution is 2.23. The van der Waals surface area contributed by atoms with Crippen LogP contribution in [0.3, 0.4) is 0 Å². The van der Waals surface area contributed by atoms with Gasteiger partial charge in [0.1, 0.15) is 11.3 Å². The second-order valence-electron chi connectivity index (χ2n) is 7.50. The topological polar surface area (TPSA) is 71.7 Å². The SMILES string of the molecule is NC(=O)c1cccnc1Oc1ccc(CN2CCN(Cc3ccccc3)CC2)cc1. The van der Waals surface area contributed by atoms with E-state index in [0.29, 0.717) is 5.75 Å². The van der Waals surface area contributed by atoms with Gasteiger partial charge in [0.2, 0.25) is 5.88 Å². The zero-order valence-corrected chi connectivity index (χ0v) is 16.9. The Morgan fingerprint density at radius 1 is 0.833 bits per heavy atom. The number of ether oxygens (including phenoxy) is 1. The molecular formula is C24H26N4O2. The monoisotopic (exact) mass is 402 g/mol. The lowest BCUT2D eigenvalue weighted by Gasteiger charge is -2.34. The molecule has 3 aromatic rings.